The Labute approximate surface area is 158 Å². The second-order valence-corrected chi connectivity index (χ2v) is 9.47. The fourth-order valence-corrected chi connectivity index (χ4v) is 4.38. The number of hydrogen-bond donors (Lipinski definition) is 3. The van der Waals surface area contributed by atoms with Crippen LogP contribution < -0.4 is 9.44 Å². The number of carboxylic acids is 1. The van der Waals surface area contributed by atoms with Gasteiger partial charge >= 0.3 is 5.97 Å². The van der Waals surface area contributed by atoms with Crippen molar-refractivity contribution in [2.45, 2.75) is 29.7 Å². The lowest BCUT2D eigenvalue weighted by molar-refractivity contribution is -0.138. The zero-order valence-electron chi connectivity index (χ0n) is 14.7. The highest BCUT2D eigenvalue weighted by Gasteiger charge is 2.27. The summed E-state index contributed by atoms with van der Waals surface area (Å²) in [4.78, 5) is 11.2. The minimum absolute atomic E-state index is 0.0429. The van der Waals surface area contributed by atoms with Crippen LogP contribution in [-0.4, -0.2) is 40.5 Å². The van der Waals surface area contributed by atoms with Gasteiger partial charge in [-0.05, 0) is 38.1 Å². The van der Waals surface area contributed by atoms with Crippen LogP contribution >= 0.6 is 0 Å². The molecule has 1 atom stereocenters. The Hall–Kier alpha value is -2.27. The summed E-state index contributed by atoms with van der Waals surface area (Å²) in [6.45, 7) is 2.94. The molecule has 2 rings (SSSR count). The van der Waals surface area contributed by atoms with Crippen molar-refractivity contribution in [3.05, 3.63) is 59.7 Å². The van der Waals surface area contributed by atoms with Crippen molar-refractivity contribution in [2.75, 3.05) is 6.54 Å². The number of carbonyl (C=O) groups is 1. The van der Waals surface area contributed by atoms with Crippen LogP contribution in [0.15, 0.2) is 58.3 Å². The van der Waals surface area contributed by atoms with E-state index in [2.05, 4.69) is 4.72 Å². The lowest BCUT2D eigenvalue weighted by atomic mass is 10.2. The molecule has 0 aliphatic carbocycles. The molecule has 2 aromatic rings. The van der Waals surface area contributed by atoms with Crippen LogP contribution in [0.4, 0.5) is 0 Å². The monoisotopic (exact) mass is 412 g/mol. The standard InChI is InChI=1S/C17H20N2O6S2/c1-12-3-7-14(8-4-12)26(22,23)18-11-16(17(20)21)19-27(24,25)15-9-5-13(2)6-10-15/h3-10,16,18-19H,11H2,1-2H3,(H,20,21)/t16-/m0/s1. The third-order valence-electron chi connectivity index (χ3n) is 3.74. The molecule has 0 aromatic heterocycles. The van der Waals surface area contributed by atoms with Gasteiger partial charge in [0.1, 0.15) is 6.04 Å². The number of sulfonamides is 2. The second-order valence-electron chi connectivity index (χ2n) is 5.99. The van der Waals surface area contributed by atoms with E-state index in [4.69, 9.17) is 0 Å². The first kappa shape index (κ1) is 21.0. The van der Waals surface area contributed by atoms with Gasteiger partial charge in [-0.3, -0.25) is 4.79 Å². The first-order valence-electron chi connectivity index (χ1n) is 7.89. The highest BCUT2D eigenvalue weighted by atomic mass is 32.2. The molecule has 27 heavy (non-hydrogen) atoms. The Morgan fingerprint density at radius 1 is 0.852 bits per heavy atom. The normalized spacial score (nSPS) is 13.3. The molecule has 0 unspecified atom stereocenters. The Bertz CT molecular complexity index is 1010. The van der Waals surface area contributed by atoms with E-state index in [0.717, 1.165) is 11.1 Å². The molecule has 10 heteroatoms. The molecule has 146 valence electrons. The predicted molar refractivity (Wildman–Crippen MR) is 99.3 cm³/mol. The lowest BCUT2D eigenvalue weighted by Crippen LogP contribution is -2.48. The quantitative estimate of drug-likeness (QED) is 0.593. The van der Waals surface area contributed by atoms with Gasteiger partial charge in [-0.2, -0.15) is 4.72 Å². The summed E-state index contributed by atoms with van der Waals surface area (Å²) in [5.41, 5.74) is 1.71. The van der Waals surface area contributed by atoms with Crippen molar-refractivity contribution in [2.24, 2.45) is 0 Å². The van der Waals surface area contributed by atoms with Gasteiger partial charge in [0.05, 0.1) is 9.79 Å². The highest BCUT2D eigenvalue weighted by Crippen LogP contribution is 2.12. The van der Waals surface area contributed by atoms with Crippen LogP contribution in [0.25, 0.3) is 0 Å². The molecular formula is C17H20N2O6S2. The molecule has 8 nitrogen and oxygen atoms in total. The first-order chi connectivity index (χ1) is 12.5. The summed E-state index contributed by atoms with van der Waals surface area (Å²) in [6, 6.07) is 10.1. The maximum Gasteiger partial charge on any atom is 0.323 e. The number of benzene rings is 2. The zero-order valence-corrected chi connectivity index (χ0v) is 16.3. The highest BCUT2D eigenvalue weighted by molar-refractivity contribution is 7.90. The van der Waals surface area contributed by atoms with E-state index in [1.165, 1.54) is 24.3 Å². The minimum atomic E-state index is -4.12. The third kappa shape index (κ3) is 5.60. The molecule has 0 fully saturated rings. The Morgan fingerprint density at radius 2 is 1.26 bits per heavy atom. The molecule has 0 saturated carbocycles. The van der Waals surface area contributed by atoms with Gasteiger partial charge in [0.15, 0.2) is 0 Å². The van der Waals surface area contributed by atoms with Crippen LogP contribution in [0.2, 0.25) is 0 Å². The Morgan fingerprint density at radius 3 is 1.67 bits per heavy atom. The number of carboxylic acid groups (broad SMARTS) is 1. The number of aliphatic carboxylic acids is 1. The van der Waals surface area contributed by atoms with E-state index >= 15 is 0 Å². The molecule has 0 radical (unpaired) electrons. The average molecular weight is 412 g/mol. The molecule has 0 amide bonds. The second kappa shape index (κ2) is 8.17. The molecule has 0 bridgehead atoms. The van der Waals surface area contributed by atoms with Gasteiger partial charge in [0, 0.05) is 6.54 Å². The fourth-order valence-electron chi connectivity index (χ4n) is 2.15. The van der Waals surface area contributed by atoms with Crippen molar-refractivity contribution >= 4 is 26.0 Å². The van der Waals surface area contributed by atoms with Crippen LogP contribution in [0.5, 0.6) is 0 Å². The molecule has 0 aliphatic heterocycles. The maximum atomic E-state index is 12.3. The van der Waals surface area contributed by atoms with Crippen molar-refractivity contribution in [1.82, 2.24) is 9.44 Å². The van der Waals surface area contributed by atoms with Crippen molar-refractivity contribution < 1.29 is 26.7 Å². The van der Waals surface area contributed by atoms with Crippen molar-refractivity contribution in [1.29, 1.82) is 0 Å². The van der Waals surface area contributed by atoms with Crippen LogP contribution in [0.1, 0.15) is 11.1 Å². The summed E-state index contributed by atoms with van der Waals surface area (Å²) in [5.74, 6) is -1.50. The molecule has 3 N–H and O–H groups in total. The van der Waals surface area contributed by atoms with E-state index in [1.807, 2.05) is 4.72 Å². The molecular weight excluding hydrogens is 392 g/mol. The van der Waals surface area contributed by atoms with Crippen LogP contribution in [0.3, 0.4) is 0 Å². The van der Waals surface area contributed by atoms with E-state index < -0.39 is 38.6 Å². The summed E-state index contributed by atoms with van der Waals surface area (Å²) >= 11 is 0. The number of nitrogens with one attached hydrogen (secondary N) is 2. The Balaban J connectivity index is 2.15. The number of rotatable bonds is 8. The molecule has 0 aliphatic rings. The first-order valence-corrected chi connectivity index (χ1v) is 10.9. The average Bonchev–Trinajstić information content (AvgIpc) is 2.59. The van der Waals surface area contributed by atoms with Crippen molar-refractivity contribution in [3.8, 4) is 0 Å². The van der Waals surface area contributed by atoms with E-state index in [-0.39, 0.29) is 9.79 Å². The van der Waals surface area contributed by atoms with E-state index in [1.54, 1.807) is 38.1 Å². The number of hydrogen-bond acceptors (Lipinski definition) is 5. The minimum Gasteiger partial charge on any atom is -0.480 e. The Kier molecular flexibility index (Phi) is 6.37. The van der Waals surface area contributed by atoms with Gasteiger partial charge in [-0.1, -0.05) is 35.4 Å². The van der Waals surface area contributed by atoms with Gasteiger partial charge in [0.2, 0.25) is 20.0 Å². The molecule has 0 saturated heterocycles. The summed E-state index contributed by atoms with van der Waals surface area (Å²) < 4.78 is 53.3. The van der Waals surface area contributed by atoms with Gasteiger partial charge < -0.3 is 5.11 Å². The molecule has 2 aromatic carbocycles. The topological polar surface area (TPSA) is 130 Å². The maximum absolute atomic E-state index is 12.3. The summed E-state index contributed by atoms with van der Waals surface area (Å²) in [6.07, 6.45) is 0. The summed E-state index contributed by atoms with van der Waals surface area (Å²) in [7, 11) is -8.10. The van der Waals surface area contributed by atoms with E-state index in [0.29, 0.717) is 0 Å². The van der Waals surface area contributed by atoms with E-state index in [9.17, 15) is 26.7 Å². The van der Waals surface area contributed by atoms with Gasteiger partial charge in [-0.25, -0.2) is 21.6 Å². The van der Waals surface area contributed by atoms with Gasteiger partial charge in [0.25, 0.3) is 0 Å². The fraction of sp³-hybridized carbons (Fsp3) is 0.235. The zero-order chi connectivity index (χ0) is 20.2. The van der Waals surface area contributed by atoms with Crippen LogP contribution in [0, 0.1) is 13.8 Å². The molecule has 0 heterocycles. The van der Waals surface area contributed by atoms with Crippen LogP contribution in [-0.2, 0) is 24.8 Å². The summed E-state index contributed by atoms with van der Waals surface area (Å²) in [5, 5.41) is 9.27. The SMILES string of the molecule is Cc1ccc(S(=O)(=O)NC[C@H](NS(=O)(=O)c2ccc(C)cc2)C(=O)O)cc1. The lowest BCUT2D eigenvalue weighted by Gasteiger charge is -2.16. The smallest absolute Gasteiger partial charge is 0.323 e. The predicted octanol–water partition coefficient (Wildman–Crippen LogP) is 1.01. The third-order valence-corrected chi connectivity index (χ3v) is 6.66. The van der Waals surface area contributed by atoms with Crippen molar-refractivity contribution in [3.63, 3.8) is 0 Å². The molecule has 0 spiro atoms. The number of aryl methyl sites for hydroxylation is 2. The largest absolute Gasteiger partial charge is 0.480 e. The van der Waals surface area contributed by atoms with Gasteiger partial charge in [-0.15, -0.1) is 0 Å².